The maximum atomic E-state index is 12.6. The number of hydrogen-bond donors (Lipinski definition) is 0. The van der Waals surface area contributed by atoms with Crippen LogP contribution < -0.4 is 4.74 Å². The molecule has 0 spiro atoms. The summed E-state index contributed by atoms with van der Waals surface area (Å²) in [5.74, 6) is 0.873. The number of ether oxygens (including phenoxy) is 4. The number of aryl methyl sites for hydroxylation is 1. The first-order valence-electron chi connectivity index (χ1n) is 8.89. The second-order valence-corrected chi connectivity index (χ2v) is 6.62. The van der Waals surface area contributed by atoms with E-state index in [4.69, 9.17) is 18.9 Å². The third-order valence-corrected chi connectivity index (χ3v) is 4.69. The number of methoxy groups -OCH3 is 1. The summed E-state index contributed by atoms with van der Waals surface area (Å²) >= 11 is 0. The van der Waals surface area contributed by atoms with E-state index in [9.17, 15) is 4.79 Å². The Hall–Kier alpha value is -2.70. The van der Waals surface area contributed by atoms with Crippen LogP contribution in [0.25, 0.3) is 0 Å². The smallest absolute Gasteiger partial charge is 0.245 e. The molecule has 3 atom stereocenters. The van der Waals surface area contributed by atoms with Crippen molar-refractivity contribution in [1.29, 1.82) is 0 Å². The van der Waals surface area contributed by atoms with Gasteiger partial charge in [-0.25, -0.2) is 0 Å². The zero-order valence-electron chi connectivity index (χ0n) is 15.3. The summed E-state index contributed by atoms with van der Waals surface area (Å²) in [7, 11) is 1.63. The molecule has 0 bridgehead atoms. The Bertz CT molecular complexity index is 844. The number of allylic oxidation sites excluding steroid dienone is 1. The van der Waals surface area contributed by atoms with Gasteiger partial charge in [0.2, 0.25) is 5.78 Å². The van der Waals surface area contributed by atoms with Crippen molar-refractivity contribution in [3.8, 4) is 5.75 Å². The highest BCUT2D eigenvalue weighted by molar-refractivity contribution is 6.06. The molecule has 4 rings (SSSR count). The van der Waals surface area contributed by atoms with Crippen molar-refractivity contribution in [2.24, 2.45) is 0 Å². The lowest BCUT2D eigenvalue weighted by Crippen LogP contribution is -2.44. The van der Waals surface area contributed by atoms with Crippen molar-refractivity contribution in [2.75, 3.05) is 13.7 Å². The Balaban J connectivity index is 1.43. The molecule has 1 aromatic carbocycles. The van der Waals surface area contributed by atoms with Gasteiger partial charge in [0.1, 0.15) is 23.7 Å². The van der Waals surface area contributed by atoms with E-state index in [2.05, 4.69) is 4.98 Å². The third-order valence-electron chi connectivity index (χ3n) is 4.69. The highest BCUT2D eigenvalue weighted by Crippen LogP contribution is 2.33. The zero-order valence-corrected chi connectivity index (χ0v) is 15.3. The Kier molecular flexibility index (Phi) is 4.92. The first-order valence-corrected chi connectivity index (χ1v) is 8.89. The summed E-state index contributed by atoms with van der Waals surface area (Å²) in [5, 5.41) is 0. The third kappa shape index (κ3) is 3.72. The van der Waals surface area contributed by atoms with Gasteiger partial charge in [-0.3, -0.25) is 9.78 Å². The average Bonchev–Trinajstić information content (AvgIpc) is 2.73. The van der Waals surface area contributed by atoms with Gasteiger partial charge in [0, 0.05) is 11.8 Å². The minimum atomic E-state index is -0.454. The fourth-order valence-electron chi connectivity index (χ4n) is 3.14. The van der Waals surface area contributed by atoms with Crippen molar-refractivity contribution >= 4 is 5.78 Å². The number of Topliss-reactive ketones (excluding diaryl/α,β-unsaturated/α-hetero) is 1. The normalized spacial score (nSPS) is 24.4. The largest absolute Gasteiger partial charge is 0.497 e. The van der Waals surface area contributed by atoms with E-state index >= 15 is 0 Å². The van der Waals surface area contributed by atoms with Gasteiger partial charge in [-0.15, -0.1) is 0 Å². The average molecular weight is 367 g/mol. The Morgan fingerprint density at radius 1 is 1.15 bits per heavy atom. The molecule has 2 aliphatic heterocycles. The monoisotopic (exact) mass is 367 g/mol. The summed E-state index contributed by atoms with van der Waals surface area (Å²) in [6.07, 6.45) is 3.12. The van der Waals surface area contributed by atoms with Crippen molar-refractivity contribution < 1.29 is 23.7 Å². The number of benzene rings is 1. The summed E-state index contributed by atoms with van der Waals surface area (Å²) < 4.78 is 22.9. The van der Waals surface area contributed by atoms with Crippen molar-refractivity contribution in [3.05, 3.63) is 71.3 Å². The number of nitrogens with zero attached hydrogens (tertiary/aromatic N) is 1. The van der Waals surface area contributed by atoms with Crippen LogP contribution >= 0.6 is 0 Å². The molecule has 0 radical (unpaired) electrons. The fraction of sp³-hybridized carbons (Fsp3) is 0.333. The molecule has 1 fully saturated rings. The molecule has 1 unspecified atom stereocenters. The van der Waals surface area contributed by atoms with Crippen molar-refractivity contribution in [3.63, 3.8) is 0 Å². The summed E-state index contributed by atoms with van der Waals surface area (Å²) in [4.78, 5) is 16.8. The van der Waals surface area contributed by atoms with E-state index in [1.807, 2.05) is 37.3 Å². The predicted molar refractivity (Wildman–Crippen MR) is 97.4 cm³/mol. The number of pyridine rings is 1. The van der Waals surface area contributed by atoms with E-state index < -0.39 is 6.29 Å². The van der Waals surface area contributed by atoms with Gasteiger partial charge >= 0.3 is 0 Å². The number of rotatable bonds is 4. The van der Waals surface area contributed by atoms with Crippen molar-refractivity contribution in [2.45, 2.75) is 31.8 Å². The minimum absolute atomic E-state index is 0.159. The molecule has 2 aromatic rings. The van der Waals surface area contributed by atoms with Crippen LogP contribution in [-0.4, -0.2) is 36.7 Å². The summed E-state index contributed by atoms with van der Waals surface area (Å²) in [6, 6.07) is 11.1. The van der Waals surface area contributed by atoms with Crippen LogP contribution in [0.3, 0.4) is 0 Å². The number of aromatic nitrogens is 1. The lowest BCUT2D eigenvalue weighted by molar-refractivity contribution is -0.261. The lowest BCUT2D eigenvalue weighted by atomic mass is 10.0. The molecule has 3 heterocycles. The Labute approximate surface area is 157 Å². The van der Waals surface area contributed by atoms with Gasteiger partial charge in [-0.2, -0.15) is 0 Å². The molecule has 1 aromatic heterocycles. The molecule has 27 heavy (non-hydrogen) atoms. The number of carbonyl (C=O) groups is 1. The quantitative estimate of drug-likeness (QED) is 0.772. The van der Waals surface area contributed by atoms with Gasteiger partial charge in [0.05, 0.1) is 13.7 Å². The minimum Gasteiger partial charge on any atom is -0.497 e. The van der Waals surface area contributed by atoms with E-state index in [0.717, 1.165) is 16.9 Å². The second kappa shape index (κ2) is 7.50. The van der Waals surface area contributed by atoms with E-state index in [0.29, 0.717) is 24.5 Å². The van der Waals surface area contributed by atoms with Crippen LogP contribution in [0.15, 0.2) is 54.4 Å². The molecule has 0 aliphatic carbocycles. The van der Waals surface area contributed by atoms with E-state index in [1.54, 1.807) is 25.4 Å². The fourth-order valence-corrected chi connectivity index (χ4v) is 3.14. The molecule has 0 N–H and O–H groups in total. The number of ketones is 1. The highest BCUT2D eigenvalue weighted by atomic mass is 16.7. The van der Waals surface area contributed by atoms with Crippen molar-refractivity contribution in [1.82, 2.24) is 4.98 Å². The first kappa shape index (κ1) is 17.7. The number of carbonyl (C=O) groups excluding carboxylic acids is 1. The molecule has 6 nitrogen and oxygen atoms in total. The van der Waals surface area contributed by atoms with E-state index in [-0.39, 0.29) is 18.0 Å². The summed E-state index contributed by atoms with van der Waals surface area (Å²) in [5.41, 5.74) is 2.30. The topological polar surface area (TPSA) is 66.9 Å². The summed E-state index contributed by atoms with van der Waals surface area (Å²) in [6.45, 7) is 2.28. The molecule has 0 amide bonds. The molecule has 6 heteroatoms. The number of hydrogen-bond acceptors (Lipinski definition) is 6. The van der Waals surface area contributed by atoms with Crippen LogP contribution in [0.2, 0.25) is 0 Å². The number of fused-ring (bicyclic) bond motifs is 1. The van der Waals surface area contributed by atoms with Crippen LogP contribution in [0.1, 0.15) is 34.3 Å². The molecule has 140 valence electrons. The van der Waals surface area contributed by atoms with Gasteiger partial charge in [-0.1, -0.05) is 18.2 Å². The van der Waals surface area contributed by atoms with Crippen LogP contribution in [0, 0.1) is 6.92 Å². The Morgan fingerprint density at radius 3 is 2.67 bits per heavy atom. The second-order valence-electron chi connectivity index (χ2n) is 6.62. The Morgan fingerprint density at radius 2 is 1.96 bits per heavy atom. The molecular weight excluding hydrogens is 346 g/mol. The van der Waals surface area contributed by atoms with Gasteiger partial charge in [0.15, 0.2) is 12.0 Å². The molecule has 1 saturated heterocycles. The predicted octanol–water partition coefficient (Wildman–Crippen LogP) is 3.37. The standard InChI is InChI=1S/C21H21NO5/c1-13-3-8-16(22-11-13)20(23)18-10-9-17-19(26-18)12-25-21(27-17)14-4-6-15(24-2)7-5-14/h3-8,10-11,17,19,21H,9,12H2,1-2H3/t17-,19+,21?/m0/s1. The van der Waals surface area contributed by atoms with Crippen LogP contribution in [0.5, 0.6) is 5.75 Å². The van der Waals surface area contributed by atoms with Crippen LogP contribution in [0.4, 0.5) is 0 Å². The van der Waals surface area contributed by atoms with Gasteiger partial charge < -0.3 is 18.9 Å². The van der Waals surface area contributed by atoms with Crippen LogP contribution in [-0.2, 0) is 14.2 Å². The maximum Gasteiger partial charge on any atom is 0.245 e. The lowest BCUT2D eigenvalue weighted by Gasteiger charge is -2.38. The molecule has 2 aliphatic rings. The molecular formula is C21H21NO5. The highest BCUT2D eigenvalue weighted by Gasteiger charge is 2.38. The molecule has 0 saturated carbocycles. The zero-order chi connectivity index (χ0) is 18.8. The maximum absolute atomic E-state index is 12.6. The first-order chi connectivity index (χ1) is 13.1. The van der Waals surface area contributed by atoms with Gasteiger partial charge in [0.25, 0.3) is 0 Å². The SMILES string of the molecule is COc1ccc(C2OC[C@H]3OC(C(=O)c4ccc(C)cn4)=CC[C@@H]3O2)cc1. The van der Waals surface area contributed by atoms with E-state index in [1.165, 1.54) is 0 Å². The van der Waals surface area contributed by atoms with Gasteiger partial charge in [-0.05, 0) is 43.2 Å².